The van der Waals surface area contributed by atoms with Crippen molar-refractivity contribution in [2.45, 2.75) is 25.9 Å². The van der Waals surface area contributed by atoms with Crippen molar-refractivity contribution in [3.63, 3.8) is 0 Å². The van der Waals surface area contributed by atoms with E-state index in [-0.39, 0.29) is 6.61 Å². The van der Waals surface area contributed by atoms with Gasteiger partial charge >= 0.3 is 0 Å². The Morgan fingerprint density at radius 1 is 1.60 bits per heavy atom. The van der Waals surface area contributed by atoms with Gasteiger partial charge in [0.15, 0.2) is 0 Å². The summed E-state index contributed by atoms with van der Waals surface area (Å²) < 4.78 is 17.5. The summed E-state index contributed by atoms with van der Waals surface area (Å²) in [5, 5.41) is 0. The van der Waals surface area contributed by atoms with Gasteiger partial charge < -0.3 is 10.5 Å². The molecule has 0 radical (unpaired) electrons. The molecule has 0 rings (SSSR count). The van der Waals surface area contributed by atoms with Crippen LogP contribution in [0, 0.1) is 0 Å². The highest BCUT2D eigenvalue weighted by Gasteiger charge is 2.03. The molecule has 0 amide bonds. The zero-order chi connectivity index (χ0) is 7.82. The maximum Gasteiger partial charge on any atom is 0.125 e. The van der Waals surface area contributed by atoms with E-state index in [1.807, 2.05) is 6.92 Å². The zero-order valence-corrected chi connectivity index (χ0v) is 6.48. The van der Waals surface area contributed by atoms with Gasteiger partial charge in [0.05, 0.1) is 6.61 Å². The Labute approximate surface area is 61.5 Å². The Balaban J connectivity index is 2.97. The molecule has 2 nitrogen and oxygen atoms in total. The van der Waals surface area contributed by atoms with Crippen molar-refractivity contribution in [1.29, 1.82) is 0 Å². The Kier molecular flexibility index (Phi) is 6.86. The number of alkyl halides is 1. The molecule has 0 bridgehead atoms. The average Bonchev–Trinajstić information content (AvgIpc) is 1.89. The molecule has 0 aliphatic heterocycles. The highest BCUT2D eigenvalue weighted by molar-refractivity contribution is 4.53. The Morgan fingerprint density at radius 3 is 2.80 bits per heavy atom. The van der Waals surface area contributed by atoms with E-state index in [4.69, 9.17) is 10.5 Å². The number of nitrogens with two attached hydrogens (primary N) is 1. The van der Waals surface area contributed by atoms with E-state index in [2.05, 4.69) is 0 Å². The van der Waals surface area contributed by atoms with Crippen LogP contribution < -0.4 is 5.73 Å². The number of halogens is 1. The fourth-order valence-corrected chi connectivity index (χ4v) is 0.620. The first-order valence-electron chi connectivity index (χ1n) is 3.73. The highest BCUT2D eigenvalue weighted by atomic mass is 19.1. The molecule has 0 aliphatic rings. The number of hydrogen-bond donors (Lipinski definition) is 1. The fraction of sp³-hybridized carbons (Fsp3) is 1.00. The van der Waals surface area contributed by atoms with Crippen LogP contribution in [0.4, 0.5) is 4.39 Å². The Hall–Kier alpha value is -0.150. The van der Waals surface area contributed by atoms with E-state index >= 15 is 0 Å². The maximum absolute atomic E-state index is 12.5. The Bertz CT molecular complexity index is 70.6. The van der Waals surface area contributed by atoms with Gasteiger partial charge in [-0.15, -0.1) is 0 Å². The first kappa shape index (κ1) is 9.85. The monoisotopic (exact) mass is 149 g/mol. The molecule has 3 heteroatoms. The smallest absolute Gasteiger partial charge is 0.125 e. The molecule has 1 atom stereocenters. The molecule has 0 aromatic rings. The van der Waals surface area contributed by atoms with Crippen LogP contribution >= 0.6 is 0 Å². The van der Waals surface area contributed by atoms with Crippen molar-refractivity contribution in [1.82, 2.24) is 0 Å². The van der Waals surface area contributed by atoms with Crippen LogP contribution in [0.15, 0.2) is 0 Å². The van der Waals surface area contributed by atoms with Crippen molar-refractivity contribution in [2.75, 3.05) is 19.8 Å². The van der Waals surface area contributed by atoms with E-state index in [9.17, 15) is 4.39 Å². The maximum atomic E-state index is 12.5. The van der Waals surface area contributed by atoms with Crippen molar-refractivity contribution in [3.05, 3.63) is 0 Å². The van der Waals surface area contributed by atoms with Crippen molar-refractivity contribution in [2.24, 2.45) is 5.73 Å². The summed E-state index contributed by atoms with van der Waals surface area (Å²) in [7, 11) is 0. The molecular weight excluding hydrogens is 133 g/mol. The molecule has 1 unspecified atom stereocenters. The van der Waals surface area contributed by atoms with Gasteiger partial charge in [-0.2, -0.15) is 0 Å². The van der Waals surface area contributed by atoms with Crippen LogP contribution in [0.25, 0.3) is 0 Å². The molecule has 10 heavy (non-hydrogen) atoms. The predicted octanol–water partition coefficient (Wildman–Crippen LogP) is 1.10. The minimum Gasteiger partial charge on any atom is -0.378 e. The third-order valence-corrected chi connectivity index (χ3v) is 1.13. The molecule has 0 heterocycles. The van der Waals surface area contributed by atoms with Gasteiger partial charge in [-0.25, -0.2) is 4.39 Å². The topological polar surface area (TPSA) is 35.2 Å². The molecule has 0 fully saturated rings. The largest absolute Gasteiger partial charge is 0.378 e. The van der Waals surface area contributed by atoms with Gasteiger partial charge in [-0.1, -0.05) is 6.92 Å². The molecule has 0 spiro atoms. The summed E-state index contributed by atoms with van der Waals surface area (Å²) in [6, 6.07) is 0. The van der Waals surface area contributed by atoms with Gasteiger partial charge in [-0.3, -0.25) is 0 Å². The molecule has 62 valence electrons. The Morgan fingerprint density at radius 2 is 2.30 bits per heavy atom. The third-order valence-electron chi connectivity index (χ3n) is 1.13. The summed E-state index contributed by atoms with van der Waals surface area (Å²) in [5.74, 6) is 0. The van der Waals surface area contributed by atoms with Gasteiger partial charge in [0.25, 0.3) is 0 Å². The van der Waals surface area contributed by atoms with Crippen LogP contribution in [-0.2, 0) is 4.74 Å². The van der Waals surface area contributed by atoms with E-state index in [0.29, 0.717) is 19.6 Å². The van der Waals surface area contributed by atoms with Gasteiger partial charge in [0, 0.05) is 6.61 Å². The molecule has 0 aromatic heterocycles. The fourth-order valence-electron chi connectivity index (χ4n) is 0.620. The van der Waals surface area contributed by atoms with Crippen LogP contribution in [0.5, 0.6) is 0 Å². The van der Waals surface area contributed by atoms with Crippen LogP contribution in [0.1, 0.15) is 19.8 Å². The lowest BCUT2D eigenvalue weighted by Crippen LogP contribution is -2.15. The summed E-state index contributed by atoms with van der Waals surface area (Å²) >= 11 is 0. The van der Waals surface area contributed by atoms with Crippen molar-refractivity contribution >= 4 is 0 Å². The van der Waals surface area contributed by atoms with Crippen molar-refractivity contribution in [3.8, 4) is 0 Å². The average molecular weight is 149 g/mol. The van der Waals surface area contributed by atoms with Crippen LogP contribution in [-0.4, -0.2) is 25.9 Å². The minimum absolute atomic E-state index is 0.199. The molecule has 0 aromatic carbocycles. The number of rotatable bonds is 6. The molecule has 0 saturated heterocycles. The quantitative estimate of drug-likeness (QED) is 0.574. The number of ether oxygens (including phenoxy) is 1. The van der Waals surface area contributed by atoms with Gasteiger partial charge in [0.1, 0.15) is 6.17 Å². The second-order valence-corrected chi connectivity index (χ2v) is 2.25. The van der Waals surface area contributed by atoms with E-state index in [0.717, 1.165) is 6.42 Å². The first-order valence-corrected chi connectivity index (χ1v) is 3.73. The lowest BCUT2D eigenvalue weighted by Gasteiger charge is -2.05. The molecule has 2 N–H and O–H groups in total. The molecule has 0 aliphatic carbocycles. The summed E-state index contributed by atoms with van der Waals surface area (Å²) in [4.78, 5) is 0. The predicted molar refractivity (Wildman–Crippen MR) is 39.7 cm³/mol. The number of hydrogen-bond acceptors (Lipinski definition) is 2. The van der Waals surface area contributed by atoms with Gasteiger partial charge in [-0.05, 0) is 19.4 Å². The molecule has 0 saturated carbocycles. The standard InChI is InChI=1S/C7H16FNO/c1-2-5-10-6-7(8)3-4-9/h7H,2-6,9H2,1H3. The van der Waals surface area contributed by atoms with Crippen LogP contribution in [0.2, 0.25) is 0 Å². The third kappa shape index (κ3) is 5.98. The molecular formula is C7H16FNO. The summed E-state index contributed by atoms with van der Waals surface area (Å²) in [5.41, 5.74) is 5.14. The second-order valence-electron chi connectivity index (χ2n) is 2.25. The second kappa shape index (κ2) is 6.96. The van der Waals surface area contributed by atoms with E-state index in [1.165, 1.54) is 0 Å². The van der Waals surface area contributed by atoms with E-state index in [1.54, 1.807) is 0 Å². The zero-order valence-electron chi connectivity index (χ0n) is 6.48. The van der Waals surface area contributed by atoms with Gasteiger partial charge in [0.2, 0.25) is 0 Å². The first-order chi connectivity index (χ1) is 4.81. The van der Waals surface area contributed by atoms with Crippen LogP contribution in [0.3, 0.4) is 0 Å². The van der Waals surface area contributed by atoms with Crippen molar-refractivity contribution < 1.29 is 9.13 Å². The van der Waals surface area contributed by atoms with E-state index < -0.39 is 6.17 Å². The normalized spacial score (nSPS) is 13.5. The lowest BCUT2D eigenvalue weighted by molar-refractivity contribution is 0.0786. The summed E-state index contributed by atoms with van der Waals surface area (Å²) in [6.45, 7) is 3.24. The minimum atomic E-state index is -0.878. The highest BCUT2D eigenvalue weighted by Crippen LogP contribution is 1.96. The lowest BCUT2D eigenvalue weighted by atomic mass is 10.3. The summed E-state index contributed by atoms with van der Waals surface area (Å²) in [6.07, 6.45) is 0.468. The SMILES string of the molecule is CCCOCC(F)CCN.